The van der Waals surface area contributed by atoms with Crippen LogP contribution in [-0.4, -0.2) is 48.3 Å². The molecule has 1 fully saturated rings. The number of halogens is 1. The highest BCUT2D eigenvalue weighted by atomic mass is 35.5. The van der Waals surface area contributed by atoms with Gasteiger partial charge in [0.05, 0.1) is 17.8 Å². The minimum absolute atomic E-state index is 0.318. The first-order valence-corrected chi connectivity index (χ1v) is 8.14. The molecule has 0 bridgehead atoms. The molecule has 0 radical (unpaired) electrons. The molecule has 1 aromatic rings. The van der Waals surface area contributed by atoms with Crippen LogP contribution in [0.5, 0.6) is 0 Å². The molecular weight excluding hydrogens is 300 g/mol. The van der Waals surface area contributed by atoms with Gasteiger partial charge in [0.1, 0.15) is 16.9 Å². The smallest absolute Gasteiger partial charge is 0.146 e. The van der Waals surface area contributed by atoms with E-state index >= 15 is 0 Å². The molecule has 2 rings (SSSR count). The third kappa shape index (κ3) is 4.84. The van der Waals surface area contributed by atoms with Crippen LogP contribution in [0.15, 0.2) is 12.3 Å². The molecule has 0 spiro atoms. The number of unbranched alkanes of at least 4 members (excludes halogenated alkanes) is 1. The number of aromatic nitrogens is 1. The Morgan fingerprint density at radius 1 is 1.41 bits per heavy atom. The van der Waals surface area contributed by atoms with Gasteiger partial charge < -0.3 is 10.1 Å². The standard InChI is InChI=1S/C16H23ClN4O/c1-12-10-21(11-13(2)22-12)8-4-3-6-19-16-15(17)14(9-18)5-7-20-16/h5,7,12-13H,3-4,6,8,10-11H2,1-2H3,(H,19,20)/t12-,13-/m0/s1. The fraction of sp³-hybridized carbons (Fsp3) is 0.625. The summed E-state index contributed by atoms with van der Waals surface area (Å²) in [7, 11) is 0. The second-order valence-corrected chi connectivity index (χ2v) is 6.16. The molecule has 22 heavy (non-hydrogen) atoms. The Bertz CT molecular complexity index is 521. The highest BCUT2D eigenvalue weighted by Gasteiger charge is 2.21. The summed E-state index contributed by atoms with van der Waals surface area (Å²) >= 11 is 6.11. The van der Waals surface area contributed by atoms with Gasteiger partial charge in [0.25, 0.3) is 0 Å². The zero-order valence-corrected chi connectivity index (χ0v) is 13.9. The summed E-state index contributed by atoms with van der Waals surface area (Å²) in [5.74, 6) is 0.592. The fourth-order valence-electron chi connectivity index (χ4n) is 2.79. The first-order chi connectivity index (χ1) is 10.6. The van der Waals surface area contributed by atoms with Crippen molar-refractivity contribution in [1.29, 1.82) is 5.26 Å². The van der Waals surface area contributed by atoms with Gasteiger partial charge in [-0.2, -0.15) is 5.26 Å². The van der Waals surface area contributed by atoms with E-state index in [1.807, 2.05) is 0 Å². The fourth-order valence-corrected chi connectivity index (χ4v) is 3.01. The quantitative estimate of drug-likeness (QED) is 0.816. The van der Waals surface area contributed by atoms with Crippen LogP contribution >= 0.6 is 11.6 Å². The van der Waals surface area contributed by atoms with Gasteiger partial charge in [-0.05, 0) is 39.3 Å². The molecule has 1 aliphatic heterocycles. The van der Waals surface area contributed by atoms with Crippen LogP contribution in [-0.2, 0) is 4.74 Å². The first-order valence-electron chi connectivity index (χ1n) is 7.76. The summed E-state index contributed by atoms with van der Waals surface area (Å²) in [4.78, 5) is 6.63. The predicted molar refractivity (Wildman–Crippen MR) is 88.1 cm³/mol. The maximum Gasteiger partial charge on any atom is 0.146 e. The highest BCUT2D eigenvalue weighted by molar-refractivity contribution is 6.34. The zero-order valence-electron chi connectivity index (χ0n) is 13.2. The van der Waals surface area contributed by atoms with Gasteiger partial charge in [-0.3, -0.25) is 4.90 Å². The maximum atomic E-state index is 8.93. The third-order valence-corrected chi connectivity index (χ3v) is 4.08. The van der Waals surface area contributed by atoms with Gasteiger partial charge in [-0.15, -0.1) is 0 Å². The number of nitrogens with one attached hydrogen (secondary N) is 1. The Labute approximate surface area is 137 Å². The van der Waals surface area contributed by atoms with Gasteiger partial charge in [-0.25, -0.2) is 4.98 Å². The van der Waals surface area contributed by atoms with Gasteiger partial charge in [0.15, 0.2) is 0 Å². The predicted octanol–water partition coefficient (Wildman–Crippen LogP) is 2.91. The van der Waals surface area contributed by atoms with E-state index in [4.69, 9.17) is 21.6 Å². The molecule has 120 valence electrons. The number of anilines is 1. The monoisotopic (exact) mass is 322 g/mol. The Kier molecular flexibility index (Phi) is 6.44. The van der Waals surface area contributed by atoms with Gasteiger partial charge in [0, 0.05) is 25.8 Å². The number of pyridine rings is 1. The first kappa shape index (κ1) is 17.0. The van der Waals surface area contributed by atoms with E-state index in [-0.39, 0.29) is 0 Å². The number of rotatable bonds is 6. The van der Waals surface area contributed by atoms with Gasteiger partial charge in [-0.1, -0.05) is 11.6 Å². The molecule has 0 aliphatic carbocycles. The Morgan fingerprint density at radius 3 is 2.82 bits per heavy atom. The SMILES string of the molecule is C[C@H]1CN(CCCCNc2nccc(C#N)c2Cl)C[C@H](C)O1. The van der Waals surface area contributed by atoms with Crippen LogP contribution in [0.25, 0.3) is 0 Å². The van der Waals surface area contributed by atoms with Crippen LogP contribution in [0.4, 0.5) is 5.82 Å². The largest absolute Gasteiger partial charge is 0.373 e. The maximum absolute atomic E-state index is 8.93. The minimum Gasteiger partial charge on any atom is -0.373 e. The van der Waals surface area contributed by atoms with Crippen molar-refractivity contribution in [3.8, 4) is 6.07 Å². The average molecular weight is 323 g/mol. The van der Waals surface area contributed by atoms with Gasteiger partial charge in [0.2, 0.25) is 0 Å². The summed E-state index contributed by atoms with van der Waals surface area (Å²) in [5, 5.41) is 12.5. The molecule has 6 heteroatoms. The van der Waals surface area contributed by atoms with E-state index in [0.717, 1.165) is 39.0 Å². The lowest BCUT2D eigenvalue weighted by Crippen LogP contribution is -2.45. The summed E-state index contributed by atoms with van der Waals surface area (Å²) < 4.78 is 5.73. The van der Waals surface area contributed by atoms with E-state index in [9.17, 15) is 0 Å². The van der Waals surface area contributed by atoms with E-state index in [2.05, 4.69) is 35.1 Å². The topological polar surface area (TPSA) is 61.2 Å². The van der Waals surface area contributed by atoms with Crippen LogP contribution in [0.1, 0.15) is 32.3 Å². The van der Waals surface area contributed by atoms with Crippen molar-refractivity contribution in [2.45, 2.75) is 38.9 Å². The summed E-state index contributed by atoms with van der Waals surface area (Å²) in [6.45, 7) is 8.15. The molecule has 1 aliphatic rings. The molecule has 2 heterocycles. The number of nitriles is 1. The van der Waals surface area contributed by atoms with Crippen molar-refractivity contribution in [2.75, 3.05) is 31.5 Å². The molecular formula is C16H23ClN4O. The third-order valence-electron chi connectivity index (χ3n) is 3.70. The lowest BCUT2D eigenvalue weighted by atomic mass is 10.2. The number of hydrogen-bond acceptors (Lipinski definition) is 5. The van der Waals surface area contributed by atoms with E-state index in [0.29, 0.717) is 28.6 Å². The highest BCUT2D eigenvalue weighted by Crippen LogP contribution is 2.22. The normalized spacial score (nSPS) is 22.3. The molecule has 1 saturated heterocycles. The molecule has 0 unspecified atom stereocenters. The van der Waals surface area contributed by atoms with Gasteiger partial charge >= 0.3 is 0 Å². The number of morpholine rings is 1. The molecule has 2 atom stereocenters. The number of nitrogens with zero attached hydrogens (tertiary/aromatic N) is 3. The lowest BCUT2D eigenvalue weighted by Gasteiger charge is -2.35. The molecule has 0 amide bonds. The Morgan fingerprint density at radius 2 is 2.14 bits per heavy atom. The van der Waals surface area contributed by atoms with E-state index in [1.165, 1.54) is 0 Å². The van der Waals surface area contributed by atoms with Crippen molar-refractivity contribution in [3.63, 3.8) is 0 Å². The molecule has 5 nitrogen and oxygen atoms in total. The number of hydrogen-bond donors (Lipinski definition) is 1. The Balaban J connectivity index is 1.69. The van der Waals surface area contributed by atoms with Crippen LogP contribution in [0, 0.1) is 11.3 Å². The van der Waals surface area contributed by atoms with Crippen molar-refractivity contribution >= 4 is 17.4 Å². The van der Waals surface area contributed by atoms with Crippen LogP contribution < -0.4 is 5.32 Å². The number of ether oxygens (including phenoxy) is 1. The van der Waals surface area contributed by atoms with Crippen molar-refractivity contribution in [1.82, 2.24) is 9.88 Å². The van der Waals surface area contributed by atoms with Crippen LogP contribution in [0.2, 0.25) is 5.02 Å². The minimum atomic E-state index is 0.318. The van der Waals surface area contributed by atoms with Crippen LogP contribution in [0.3, 0.4) is 0 Å². The Hall–Kier alpha value is -1.35. The summed E-state index contributed by atoms with van der Waals surface area (Å²) in [6, 6.07) is 3.68. The molecule has 0 aromatic carbocycles. The lowest BCUT2D eigenvalue weighted by molar-refractivity contribution is -0.0681. The average Bonchev–Trinajstić information content (AvgIpc) is 2.47. The second-order valence-electron chi connectivity index (χ2n) is 5.78. The molecule has 1 aromatic heterocycles. The van der Waals surface area contributed by atoms with E-state index in [1.54, 1.807) is 12.3 Å². The second kappa shape index (κ2) is 8.33. The summed E-state index contributed by atoms with van der Waals surface area (Å²) in [5.41, 5.74) is 0.454. The molecule has 1 N–H and O–H groups in total. The van der Waals surface area contributed by atoms with Crippen molar-refractivity contribution in [3.05, 3.63) is 22.8 Å². The van der Waals surface area contributed by atoms with E-state index < -0.39 is 0 Å². The molecule has 0 saturated carbocycles. The van der Waals surface area contributed by atoms with Crippen molar-refractivity contribution < 1.29 is 4.74 Å². The zero-order chi connectivity index (χ0) is 15.9. The van der Waals surface area contributed by atoms with Crippen molar-refractivity contribution in [2.24, 2.45) is 0 Å². The summed E-state index contributed by atoms with van der Waals surface area (Å²) in [6.07, 6.45) is 4.39.